The van der Waals surface area contributed by atoms with Gasteiger partial charge in [-0.05, 0) is 17.2 Å². The minimum atomic E-state index is -0.538. The van der Waals surface area contributed by atoms with Crippen LogP contribution in [-0.4, -0.2) is 52.0 Å². The molecule has 194 valence electrons. The van der Waals surface area contributed by atoms with Gasteiger partial charge in [-0.15, -0.1) is 0 Å². The van der Waals surface area contributed by atoms with Crippen LogP contribution in [0.25, 0.3) is 22.0 Å². The number of nitrogens with zero attached hydrogens (tertiary/aromatic N) is 4. The Balaban J connectivity index is 1.39. The molecular weight excluding hydrogens is 496 g/mol. The third-order valence-electron chi connectivity index (χ3n) is 6.68. The Kier molecular flexibility index (Phi) is 6.44. The molecule has 3 aromatic carbocycles. The molecule has 0 atom stereocenters. The zero-order valence-electron chi connectivity index (χ0n) is 20.8. The fourth-order valence-electron chi connectivity index (χ4n) is 4.66. The lowest BCUT2D eigenvalue weighted by Gasteiger charge is -2.26. The molecule has 1 fully saturated rings. The van der Waals surface area contributed by atoms with Crippen molar-refractivity contribution in [3.63, 3.8) is 0 Å². The molecule has 5 aromatic rings. The normalized spacial score (nSPS) is 13.4. The largest absolute Gasteiger partial charge is 0.378 e. The number of aromatic amines is 1. The number of morpholine rings is 1. The maximum absolute atomic E-state index is 13.7. The molecule has 0 bridgehead atoms. The first-order chi connectivity index (χ1) is 19.1. The summed E-state index contributed by atoms with van der Waals surface area (Å²) in [5.74, 6) is 0.115. The summed E-state index contributed by atoms with van der Waals surface area (Å²) in [5.41, 5.74) is 3.65. The van der Waals surface area contributed by atoms with Crippen LogP contribution in [0.4, 0.5) is 23.1 Å². The lowest BCUT2D eigenvalue weighted by molar-refractivity contribution is -0.384. The van der Waals surface area contributed by atoms with E-state index in [9.17, 15) is 14.9 Å². The van der Waals surface area contributed by atoms with Gasteiger partial charge in [-0.25, -0.2) is 4.98 Å². The Morgan fingerprint density at radius 3 is 2.38 bits per heavy atom. The highest BCUT2D eigenvalue weighted by Gasteiger charge is 2.25. The van der Waals surface area contributed by atoms with Crippen molar-refractivity contribution in [3.05, 3.63) is 106 Å². The number of para-hydroxylation sites is 1. The van der Waals surface area contributed by atoms with Crippen molar-refractivity contribution < 1.29 is 14.5 Å². The first kappa shape index (κ1) is 24.3. The summed E-state index contributed by atoms with van der Waals surface area (Å²) in [6.45, 7) is 2.20. The molecule has 0 saturated carbocycles. The summed E-state index contributed by atoms with van der Waals surface area (Å²) in [5, 5.41) is 15.7. The summed E-state index contributed by atoms with van der Waals surface area (Å²) in [6, 6.07) is 24.7. The number of hydrogen-bond acceptors (Lipinski definition) is 8. The van der Waals surface area contributed by atoms with E-state index in [1.165, 1.54) is 6.20 Å². The number of rotatable bonds is 7. The molecule has 1 aliphatic rings. The average Bonchev–Trinajstić information content (AvgIpc) is 3.36. The highest BCUT2D eigenvalue weighted by atomic mass is 16.6. The first-order valence-electron chi connectivity index (χ1n) is 12.5. The van der Waals surface area contributed by atoms with Crippen LogP contribution in [0.2, 0.25) is 0 Å². The van der Waals surface area contributed by atoms with Gasteiger partial charge in [0.25, 0.3) is 0 Å². The molecule has 0 radical (unpaired) electrons. The third-order valence-corrected chi connectivity index (χ3v) is 6.68. The number of ketones is 1. The highest BCUT2D eigenvalue weighted by molar-refractivity contribution is 6.16. The van der Waals surface area contributed by atoms with Gasteiger partial charge >= 0.3 is 5.69 Å². The second-order valence-corrected chi connectivity index (χ2v) is 9.08. The van der Waals surface area contributed by atoms with Crippen LogP contribution in [0.3, 0.4) is 0 Å². The molecule has 0 aliphatic carbocycles. The number of nitro groups is 1. The summed E-state index contributed by atoms with van der Waals surface area (Å²) < 4.78 is 5.40. The Hall–Kier alpha value is -5.09. The summed E-state index contributed by atoms with van der Waals surface area (Å²) in [4.78, 5) is 38.9. The van der Waals surface area contributed by atoms with Crippen molar-refractivity contribution in [1.29, 1.82) is 0 Å². The van der Waals surface area contributed by atoms with E-state index >= 15 is 0 Å². The number of ether oxygens (including phenoxy) is 1. The summed E-state index contributed by atoms with van der Waals surface area (Å²) >= 11 is 0. The minimum absolute atomic E-state index is 0.00900. The van der Waals surface area contributed by atoms with Crippen LogP contribution in [0.5, 0.6) is 0 Å². The van der Waals surface area contributed by atoms with E-state index in [0.29, 0.717) is 48.9 Å². The zero-order valence-corrected chi connectivity index (χ0v) is 20.8. The number of carbonyl (C=O) groups is 1. The van der Waals surface area contributed by atoms with Crippen LogP contribution in [0, 0.1) is 10.1 Å². The van der Waals surface area contributed by atoms with E-state index in [-0.39, 0.29) is 23.0 Å². The van der Waals surface area contributed by atoms with Crippen LogP contribution in [0.15, 0.2) is 85.1 Å². The SMILES string of the molecule is O=C(c1ccc(-c2ccccc2)cc1)c1[nH]c2ccccc2c1Nc1nc(N2CCOCC2)ncc1[N+](=O)[O-]. The molecule has 6 rings (SSSR count). The predicted octanol–water partition coefficient (Wildman–Crippen LogP) is 5.34. The van der Waals surface area contributed by atoms with Gasteiger partial charge in [0.15, 0.2) is 0 Å². The number of aromatic nitrogens is 3. The Labute approximate surface area is 223 Å². The highest BCUT2D eigenvalue weighted by Crippen LogP contribution is 2.35. The second kappa shape index (κ2) is 10.3. The van der Waals surface area contributed by atoms with Gasteiger partial charge in [-0.2, -0.15) is 4.98 Å². The maximum Gasteiger partial charge on any atom is 0.329 e. The molecular formula is C29H24N6O4. The lowest BCUT2D eigenvalue weighted by Crippen LogP contribution is -2.37. The summed E-state index contributed by atoms with van der Waals surface area (Å²) in [7, 11) is 0. The number of benzene rings is 3. The number of fused-ring (bicyclic) bond motifs is 1. The van der Waals surface area contributed by atoms with Gasteiger partial charge in [0, 0.05) is 29.6 Å². The van der Waals surface area contributed by atoms with Gasteiger partial charge in [-0.1, -0.05) is 72.8 Å². The van der Waals surface area contributed by atoms with Crippen LogP contribution in [-0.2, 0) is 4.74 Å². The summed E-state index contributed by atoms with van der Waals surface area (Å²) in [6.07, 6.45) is 1.19. The maximum atomic E-state index is 13.7. The van der Waals surface area contributed by atoms with E-state index in [0.717, 1.165) is 16.6 Å². The number of nitrogens with one attached hydrogen (secondary N) is 2. The van der Waals surface area contributed by atoms with Gasteiger partial charge < -0.3 is 19.9 Å². The monoisotopic (exact) mass is 520 g/mol. The van der Waals surface area contributed by atoms with E-state index in [4.69, 9.17) is 4.74 Å². The number of H-pyrrole nitrogens is 1. The first-order valence-corrected chi connectivity index (χ1v) is 12.5. The quantitative estimate of drug-likeness (QED) is 0.167. The Morgan fingerprint density at radius 2 is 1.64 bits per heavy atom. The standard InChI is InChI=1S/C29H24N6O4/c36-27(21-12-10-20(11-13-21)19-6-2-1-3-7-19)26-25(22-8-4-5-9-23(22)31-26)32-28-24(35(37)38)18-30-29(33-28)34-14-16-39-17-15-34/h1-13,18,31H,14-17H2,(H,30,32,33). The van der Waals surface area contributed by atoms with Gasteiger partial charge in [0.2, 0.25) is 17.5 Å². The van der Waals surface area contributed by atoms with Gasteiger partial charge in [0.1, 0.15) is 11.9 Å². The smallest absolute Gasteiger partial charge is 0.329 e. The number of anilines is 3. The van der Waals surface area contributed by atoms with Crippen LogP contribution in [0.1, 0.15) is 16.1 Å². The molecule has 1 aliphatic heterocycles. The molecule has 10 heteroatoms. The molecule has 2 N–H and O–H groups in total. The predicted molar refractivity (Wildman–Crippen MR) is 149 cm³/mol. The van der Waals surface area contributed by atoms with E-state index in [1.807, 2.05) is 71.6 Å². The van der Waals surface area contributed by atoms with Crippen molar-refractivity contribution >= 4 is 39.8 Å². The van der Waals surface area contributed by atoms with E-state index < -0.39 is 4.92 Å². The Bertz CT molecular complexity index is 1660. The second-order valence-electron chi connectivity index (χ2n) is 9.08. The minimum Gasteiger partial charge on any atom is -0.378 e. The van der Waals surface area contributed by atoms with Crippen LogP contribution >= 0.6 is 0 Å². The molecule has 2 aromatic heterocycles. The van der Waals surface area contributed by atoms with Crippen molar-refractivity contribution in [3.8, 4) is 11.1 Å². The van der Waals surface area contributed by atoms with E-state index in [2.05, 4.69) is 20.3 Å². The van der Waals surface area contributed by atoms with Crippen molar-refractivity contribution in [2.75, 3.05) is 36.5 Å². The molecule has 0 amide bonds. The molecule has 1 saturated heterocycles. The number of carbonyl (C=O) groups excluding carboxylic acids is 1. The van der Waals surface area contributed by atoms with Gasteiger partial charge in [-0.3, -0.25) is 14.9 Å². The molecule has 10 nitrogen and oxygen atoms in total. The van der Waals surface area contributed by atoms with Crippen molar-refractivity contribution in [1.82, 2.24) is 15.0 Å². The molecule has 0 spiro atoms. The zero-order chi connectivity index (χ0) is 26.8. The average molecular weight is 521 g/mol. The fourth-order valence-corrected chi connectivity index (χ4v) is 4.66. The van der Waals surface area contributed by atoms with Crippen molar-refractivity contribution in [2.45, 2.75) is 0 Å². The molecule has 0 unspecified atom stereocenters. The molecule has 3 heterocycles. The Morgan fingerprint density at radius 1 is 0.949 bits per heavy atom. The van der Waals surface area contributed by atoms with Crippen molar-refractivity contribution in [2.24, 2.45) is 0 Å². The van der Waals surface area contributed by atoms with Crippen LogP contribution < -0.4 is 10.2 Å². The molecule has 39 heavy (non-hydrogen) atoms. The fraction of sp³-hybridized carbons (Fsp3) is 0.138. The van der Waals surface area contributed by atoms with Gasteiger partial charge in [0.05, 0.1) is 23.8 Å². The van der Waals surface area contributed by atoms with E-state index in [1.54, 1.807) is 12.1 Å². The third kappa shape index (κ3) is 4.80. The lowest BCUT2D eigenvalue weighted by atomic mass is 10.0. The number of hydrogen-bond donors (Lipinski definition) is 2. The topological polar surface area (TPSA) is 126 Å².